The average Bonchev–Trinajstić information content (AvgIpc) is 2.88. The smallest absolute Gasteiger partial charge is 0.329 e. The van der Waals surface area contributed by atoms with Crippen LogP contribution in [0.5, 0.6) is 0 Å². The zero-order chi connectivity index (χ0) is 13.5. The van der Waals surface area contributed by atoms with Crippen LogP contribution in [0.4, 0.5) is 0 Å². The Labute approximate surface area is 108 Å². The predicted molar refractivity (Wildman–Crippen MR) is 68.9 cm³/mol. The van der Waals surface area contributed by atoms with E-state index in [1.165, 1.54) is 0 Å². The van der Waals surface area contributed by atoms with Gasteiger partial charge >= 0.3 is 5.97 Å². The second-order valence-corrected chi connectivity index (χ2v) is 4.48. The van der Waals surface area contributed by atoms with Gasteiger partial charge in [0, 0.05) is 5.92 Å². The van der Waals surface area contributed by atoms with Crippen molar-refractivity contribution >= 4 is 11.9 Å². The van der Waals surface area contributed by atoms with Crippen LogP contribution in [0.3, 0.4) is 0 Å². The van der Waals surface area contributed by atoms with E-state index in [-0.39, 0.29) is 17.9 Å². The molecule has 1 unspecified atom stereocenters. The summed E-state index contributed by atoms with van der Waals surface area (Å²) in [5.41, 5.74) is 0. The van der Waals surface area contributed by atoms with E-state index < -0.39 is 12.0 Å². The van der Waals surface area contributed by atoms with E-state index in [1.54, 1.807) is 13.0 Å². The lowest BCUT2D eigenvalue weighted by molar-refractivity contribution is -0.148. The minimum atomic E-state index is -0.655. The highest BCUT2D eigenvalue weighted by atomic mass is 16.5. The zero-order valence-corrected chi connectivity index (χ0v) is 11.1. The largest absolute Gasteiger partial charge is 0.464 e. The first-order chi connectivity index (χ1) is 8.60. The van der Waals surface area contributed by atoms with Crippen molar-refractivity contribution in [2.45, 2.75) is 38.8 Å². The highest BCUT2D eigenvalue weighted by Gasteiger charge is 2.30. The van der Waals surface area contributed by atoms with Crippen molar-refractivity contribution in [1.29, 1.82) is 0 Å². The number of carbonyl (C=O) groups excluding carboxylic acids is 2. The van der Waals surface area contributed by atoms with Crippen molar-refractivity contribution < 1.29 is 14.3 Å². The van der Waals surface area contributed by atoms with Crippen LogP contribution in [0.15, 0.2) is 12.7 Å². The van der Waals surface area contributed by atoms with Crippen LogP contribution in [0.25, 0.3) is 0 Å². The lowest BCUT2D eigenvalue weighted by atomic mass is 10.0. The molecule has 102 valence electrons. The summed E-state index contributed by atoms with van der Waals surface area (Å²) in [6.07, 6.45) is 3.44. The highest BCUT2D eigenvalue weighted by Crippen LogP contribution is 2.10. The fraction of sp³-hybridized carbons (Fsp3) is 0.692. The fourth-order valence-corrected chi connectivity index (χ4v) is 1.94. The van der Waals surface area contributed by atoms with Crippen molar-refractivity contribution in [2.75, 3.05) is 13.2 Å². The van der Waals surface area contributed by atoms with Crippen molar-refractivity contribution in [3.8, 4) is 0 Å². The van der Waals surface area contributed by atoms with Gasteiger partial charge in [0.25, 0.3) is 0 Å². The fourth-order valence-electron chi connectivity index (χ4n) is 1.94. The molecule has 1 fully saturated rings. The van der Waals surface area contributed by atoms with E-state index in [4.69, 9.17) is 4.74 Å². The van der Waals surface area contributed by atoms with E-state index in [1.807, 2.05) is 6.92 Å². The molecule has 1 saturated heterocycles. The normalized spacial score (nSPS) is 22.0. The van der Waals surface area contributed by atoms with E-state index in [0.29, 0.717) is 6.61 Å². The average molecular weight is 254 g/mol. The Morgan fingerprint density at radius 3 is 2.83 bits per heavy atom. The van der Waals surface area contributed by atoms with Gasteiger partial charge in [-0.3, -0.25) is 4.79 Å². The van der Waals surface area contributed by atoms with Crippen molar-refractivity contribution in [3.63, 3.8) is 0 Å². The van der Waals surface area contributed by atoms with E-state index in [2.05, 4.69) is 17.2 Å². The number of rotatable bonds is 6. The molecule has 0 aromatic carbocycles. The summed E-state index contributed by atoms with van der Waals surface area (Å²) in [7, 11) is 0. The molecule has 0 aliphatic carbocycles. The van der Waals surface area contributed by atoms with Crippen LogP contribution in [-0.4, -0.2) is 37.1 Å². The second kappa shape index (κ2) is 7.16. The lowest BCUT2D eigenvalue weighted by Gasteiger charge is -2.22. The summed E-state index contributed by atoms with van der Waals surface area (Å²) in [4.78, 5) is 23.8. The highest BCUT2D eigenvalue weighted by molar-refractivity contribution is 5.88. The summed E-state index contributed by atoms with van der Waals surface area (Å²) in [5.74, 6) is -0.704. The zero-order valence-electron chi connectivity index (χ0n) is 11.1. The first-order valence-corrected chi connectivity index (χ1v) is 6.43. The number of amides is 1. The van der Waals surface area contributed by atoms with Crippen molar-refractivity contribution in [1.82, 2.24) is 10.6 Å². The molecule has 0 bridgehead atoms. The molecule has 1 aliphatic rings. The molecule has 0 radical (unpaired) electrons. The molecule has 1 heterocycles. The molecule has 0 saturated carbocycles. The van der Waals surface area contributed by atoms with Gasteiger partial charge in [0.2, 0.25) is 5.91 Å². The maximum Gasteiger partial charge on any atom is 0.329 e. The van der Waals surface area contributed by atoms with Gasteiger partial charge in [0.05, 0.1) is 12.6 Å². The van der Waals surface area contributed by atoms with Gasteiger partial charge in [-0.1, -0.05) is 13.0 Å². The topological polar surface area (TPSA) is 67.4 Å². The van der Waals surface area contributed by atoms with E-state index in [0.717, 1.165) is 19.4 Å². The predicted octanol–water partition coefficient (Wildman–Crippen LogP) is 0.608. The maximum atomic E-state index is 12.0. The molecule has 1 aliphatic heterocycles. The number of hydrogen-bond acceptors (Lipinski definition) is 4. The van der Waals surface area contributed by atoms with Crippen LogP contribution in [-0.2, 0) is 14.3 Å². The number of hydrogen-bond donors (Lipinski definition) is 2. The van der Waals surface area contributed by atoms with Crippen LogP contribution >= 0.6 is 0 Å². The minimum Gasteiger partial charge on any atom is -0.464 e. The molecule has 0 spiro atoms. The number of carbonyl (C=O) groups is 2. The quantitative estimate of drug-likeness (QED) is 0.538. The van der Waals surface area contributed by atoms with Gasteiger partial charge in [0.1, 0.15) is 6.04 Å². The van der Waals surface area contributed by atoms with Gasteiger partial charge in [-0.25, -0.2) is 4.79 Å². The van der Waals surface area contributed by atoms with E-state index >= 15 is 0 Å². The van der Waals surface area contributed by atoms with Crippen LogP contribution in [0.1, 0.15) is 26.7 Å². The Morgan fingerprint density at radius 2 is 2.33 bits per heavy atom. The van der Waals surface area contributed by atoms with Gasteiger partial charge in [0.15, 0.2) is 0 Å². The Hall–Kier alpha value is -1.36. The molecular formula is C13H22N2O3. The minimum absolute atomic E-state index is 0.140. The molecular weight excluding hydrogens is 232 g/mol. The van der Waals surface area contributed by atoms with E-state index in [9.17, 15) is 9.59 Å². The molecule has 0 aromatic heterocycles. The summed E-state index contributed by atoms with van der Waals surface area (Å²) < 4.78 is 4.97. The van der Waals surface area contributed by atoms with Crippen LogP contribution in [0.2, 0.25) is 0 Å². The molecule has 18 heavy (non-hydrogen) atoms. The molecule has 1 amide bonds. The molecule has 5 nitrogen and oxygen atoms in total. The molecule has 2 N–H and O–H groups in total. The third kappa shape index (κ3) is 3.84. The third-order valence-electron chi connectivity index (χ3n) is 3.11. The maximum absolute atomic E-state index is 12.0. The molecule has 1 rings (SSSR count). The van der Waals surface area contributed by atoms with Crippen LogP contribution in [0, 0.1) is 5.92 Å². The molecule has 3 atom stereocenters. The summed E-state index contributed by atoms with van der Waals surface area (Å²) in [6.45, 7) is 8.38. The van der Waals surface area contributed by atoms with Crippen molar-refractivity contribution in [3.05, 3.63) is 12.7 Å². The Balaban J connectivity index is 2.62. The Bertz CT molecular complexity index is 311. The summed E-state index contributed by atoms with van der Waals surface area (Å²) >= 11 is 0. The van der Waals surface area contributed by atoms with Crippen LogP contribution < -0.4 is 10.6 Å². The third-order valence-corrected chi connectivity index (χ3v) is 3.11. The number of nitrogens with one attached hydrogen (secondary N) is 2. The monoisotopic (exact) mass is 254 g/mol. The molecule has 5 heteroatoms. The number of ether oxygens (including phenoxy) is 1. The van der Waals surface area contributed by atoms with Gasteiger partial charge in [-0.05, 0) is 26.3 Å². The van der Waals surface area contributed by atoms with Gasteiger partial charge in [-0.15, -0.1) is 6.58 Å². The first-order valence-electron chi connectivity index (χ1n) is 6.43. The lowest BCUT2D eigenvalue weighted by Crippen LogP contribution is -2.51. The Kier molecular flexibility index (Phi) is 5.85. The number of esters is 1. The molecule has 0 aromatic rings. The summed E-state index contributed by atoms with van der Waals surface area (Å²) in [5, 5.41) is 5.85. The summed E-state index contributed by atoms with van der Waals surface area (Å²) in [6, 6.07) is -0.851. The van der Waals surface area contributed by atoms with Gasteiger partial charge in [-0.2, -0.15) is 0 Å². The Morgan fingerprint density at radius 1 is 1.61 bits per heavy atom. The van der Waals surface area contributed by atoms with Gasteiger partial charge < -0.3 is 15.4 Å². The SMILES string of the molecule is C=CC(C)[C@@H](NC(=O)[C@@H]1CCCN1)C(=O)OCC. The first kappa shape index (κ1) is 14.7. The second-order valence-electron chi connectivity index (χ2n) is 4.48. The standard InChI is InChI=1S/C13H22N2O3/c1-4-9(3)11(13(17)18-5-2)15-12(16)10-7-6-8-14-10/h4,9-11,14H,1,5-8H2,2-3H3,(H,15,16)/t9?,10-,11+/m0/s1. The van der Waals surface area contributed by atoms with Crippen molar-refractivity contribution in [2.24, 2.45) is 5.92 Å².